The summed E-state index contributed by atoms with van der Waals surface area (Å²) in [7, 11) is 1.64. The van der Waals surface area contributed by atoms with Crippen molar-refractivity contribution < 1.29 is 9.66 Å². The first-order chi connectivity index (χ1) is 10.1. The minimum atomic E-state index is -0.379. The highest BCUT2D eigenvalue weighted by Crippen LogP contribution is 2.21. The van der Waals surface area contributed by atoms with E-state index >= 15 is 0 Å². The van der Waals surface area contributed by atoms with E-state index in [0.717, 1.165) is 16.9 Å². The number of ether oxygens (including phenoxy) is 1. The van der Waals surface area contributed by atoms with Crippen LogP contribution in [0.1, 0.15) is 24.1 Å². The second-order valence-electron chi connectivity index (χ2n) is 4.77. The molecule has 0 saturated heterocycles. The van der Waals surface area contributed by atoms with E-state index in [2.05, 4.69) is 5.32 Å². The average Bonchev–Trinajstić information content (AvgIpc) is 2.52. The fourth-order valence-electron chi connectivity index (χ4n) is 2.14. The fourth-order valence-corrected chi connectivity index (χ4v) is 2.14. The predicted octanol–water partition coefficient (Wildman–Crippen LogP) is 3.45. The fraction of sp³-hybridized carbons (Fsp3) is 0.250. The van der Waals surface area contributed by atoms with Crippen molar-refractivity contribution in [1.82, 2.24) is 5.32 Å². The molecule has 0 bridgehead atoms. The number of hydrogen-bond donors (Lipinski definition) is 1. The van der Waals surface area contributed by atoms with Gasteiger partial charge in [-0.05, 0) is 18.6 Å². The molecule has 5 heteroatoms. The van der Waals surface area contributed by atoms with E-state index in [1.807, 2.05) is 37.3 Å². The third-order valence-electron chi connectivity index (χ3n) is 3.37. The van der Waals surface area contributed by atoms with Crippen LogP contribution in [-0.4, -0.2) is 12.0 Å². The highest BCUT2D eigenvalue weighted by atomic mass is 16.6. The summed E-state index contributed by atoms with van der Waals surface area (Å²) in [6.07, 6.45) is 0. The average molecular weight is 286 g/mol. The van der Waals surface area contributed by atoms with Crippen LogP contribution in [0.25, 0.3) is 0 Å². The summed E-state index contributed by atoms with van der Waals surface area (Å²) in [5.74, 6) is 0.830. The molecule has 5 nitrogen and oxygen atoms in total. The lowest BCUT2D eigenvalue weighted by atomic mass is 10.1. The first-order valence-corrected chi connectivity index (χ1v) is 6.71. The number of para-hydroxylation sites is 1. The summed E-state index contributed by atoms with van der Waals surface area (Å²) in [5, 5.41) is 14.2. The molecule has 0 spiro atoms. The van der Waals surface area contributed by atoms with Gasteiger partial charge in [-0.25, -0.2) is 0 Å². The number of methoxy groups -OCH3 is 1. The predicted molar refractivity (Wildman–Crippen MR) is 81.3 cm³/mol. The maximum atomic E-state index is 10.8. The molecular weight excluding hydrogens is 268 g/mol. The van der Waals surface area contributed by atoms with Crippen LogP contribution in [0.4, 0.5) is 5.69 Å². The summed E-state index contributed by atoms with van der Waals surface area (Å²) in [5.41, 5.74) is 2.05. The lowest BCUT2D eigenvalue weighted by molar-refractivity contribution is -0.384. The molecule has 2 aromatic carbocycles. The quantitative estimate of drug-likeness (QED) is 0.652. The molecule has 1 atom stereocenters. The van der Waals surface area contributed by atoms with E-state index in [4.69, 9.17) is 4.74 Å². The summed E-state index contributed by atoms with van der Waals surface area (Å²) >= 11 is 0. The van der Waals surface area contributed by atoms with Crippen LogP contribution in [-0.2, 0) is 6.54 Å². The van der Waals surface area contributed by atoms with E-state index in [0.29, 0.717) is 6.54 Å². The normalized spacial score (nSPS) is 11.9. The van der Waals surface area contributed by atoms with E-state index in [1.54, 1.807) is 19.2 Å². The number of nitrogens with zero attached hydrogens (tertiary/aromatic N) is 1. The third kappa shape index (κ3) is 3.79. The molecule has 0 aliphatic heterocycles. The Hall–Kier alpha value is -2.40. The first-order valence-electron chi connectivity index (χ1n) is 6.71. The highest BCUT2D eigenvalue weighted by Gasteiger charge is 2.11. The zero-order valence-corrected chi connectivity index (χ0v) is 12.1. The van der Waals surface area contributed by atoms with Crippen molar-refractivity contribution in [3.8, 4) is 5.75 Å². The van der Waals surface area contributed by atoms with Gasteiger partial charge in [0.2, 0.25) is 0 Å². The van der Waals surface area contributed by atoms with Gasteiger partial charge in [0, 0.05) is 30.3 Å². The SMILES string of the molecule is COc1ccccc1CNC(C)c1cccc([N+](=O)[O-])c1. The molecule has 0 aliphatic carbocycles. The van der Waals surface area contributed by atoms with Crippen LogP contribution in [0.5, 0.6) is 5.75 Å². The van der Waals surface area contributed by atoms with Crippen LogP contribution < -0.4 is 10.1 Å². The van der Waals surface area contributed by atoms with Gasteiger partial charge < -0.3 is 10.1 Å². The topological polar surface area (TPSA) is 64.4 Å². The molecule has 0 radical (unpaired) electrons. The Morgan fingerprint density at radius 2 is 2.00 bits per heavy atom. The number of rotatable bonds is 6. The molecule has 110 valence electrons. The molecule has 0 aliphatic rings. The maximum Gasteiger partial charge on any atom is 0.269 e. The van der Waals surface area contributed by atoms with Crippen LogP contribution in [0.2, 0.25) is 0 Å². The second-order valence-corrected chi connectivity index (χ2v) is 4.77. The molecule has 0 fully saturated rings. The second kappa shape index (κ2) is 6.85. The van der Waals surface area contributed by atoms with Gasteiger partial charge in [-0.2, -0.15) is 0 Å². The number of benzene rings is 2. The molecule has 21 heavy (non-hydrogen) atoms. The summed E-state index contributed by atoms with van der Waals surface area (Å²) in [6.45, 7) is 2.61. The Balaban J connectivity index is 2.06. The minimum Gasteiger partial charge on any atom is -0.496 e. The van der Waals surface area contributed by atoms with Crippen molar-refractivity contribution in [2.45, 2.75) is 19.5 Å². The van der Waals surface area contributed by atoms with Crippen LogP contribution in [0, 0.1) is 10.1 Å². The molecular formula is C16H18N2O3. The van der Waals surface area contributed by atoms with Crippen molar-refractivity contribution in [1.29, 1.82) is 0 Å². The molecule has 1 unspecified atom stereocenters. The molecule has 2 aromatic rings. The summed E-state index contributed by atoms with van der Waals surface area (Å²) < 4.78 is 5.30. The Bertz CT molecular complexity index is 628. The number of non-ortho nitro benzene ring substituents is 1. The molecule has 0 amide bonds. The summed E-state index contributed by atoms with van der Waals surface area (Å²) in [4.78, 5) is 10.4. The number of nitro groups is 1. The summed E-state index contributed by atoms with van der Waals surface area (Å²) in [6, 6.07) is 14.5. The van der Waals surface area contributed by atoms with Crippen LogP contribution in [0.15, 0.2) is 48.5 Å². The van der Waals surface area contributed by atoms with E-state index in [-0.39, 0.29) is 16.7 Å². The highest BCUT2D eigenvalue weighted by molar-refractivity contribution is 5.36. The lowest BCUT2D eigenvalue weighted by Crippen LogP contribution is -2.18. The number of nitrogens with one attached hydrogen (secondary N) is 1. The monoisotopic (exact) mass is 286 g/mol. The first kappa shape index (κ1) is 15.0. The standard InChI is InChI=1S/C16H18N2O3/c1-12(13-7-5-8-15(10-13)18(19)20)17-11-14-6-3-4-9-16(14)21-2/h3-10,12,17H,11H2,1-2H3. The van der Waals surface area contributed by atoms with Gasteiger partial charge in [-0.3, -0.25) is 10.1 Å². The van der Waals surface area contributed by atoms with Crippen molar-refractivity contribution >= 4 is 5.69 Å². The third-order valence-corrected chi connectivity index (χ3v) is 3.37. The van der Waals surface area contributed by atoms with Gasteiger partial charge >= 0.3 is 0 Å². The Morgan fingerprint density at radius 3 is 2.71 bits per heavy atom. The van der Waals surface area contributed by atoms with Gasteiger partial charge in [-0.1, -0.05) is 30.3 Å². The lowest BCUT2D eigenvalue weighted by Gasteiger charge is -2.15. The van der Waals surface area contributed by atoms with Crippen molar-refractivity contribution in [2.75, 3.05) is 7.11 Å². The molecule has 0 saturated carbocycles. The molecule has 0 heterocycles. The van der Waals surface area contributed by atoms with Crippen molar-refractivity contribution in [3.63, 3.8) is 0 Å². The van der Waals surface area contributed by atoms with Gasteiger partial charge in [0.25, 0.3) is 5.69 Å². The van der Waals surface area contributed by atoms with E-state index < -0.39 is 0 Å². The molecule has 1 N–H and O–H groups in total. The maximum absolute atomic E-state index is 10.8. The molecule has 0 aromatic heterocycles. The van der Waals surface area contributed by atoms with Gasteiger partial charge in [0.15, 0.2) is 0 Å². The Kier molecular flexibility index (Phi) is 4.90. The van der Waals surface area contributed by atoms with Gasteiger partial charge in [0.05, 0.1) is 12.0 Å². The molecule has 2 rings (SSSR count). The van der Waals surface area contributed by atoms with E-state index in [1.165, 1.54) is 6.07 Å². The zero-order valence-electron chi connectivity index (χ0n) is 12.1. The number of hydrogen-bond acceptors (Lipinski definition) is 4. The van der Waals surface area contributed by atoms with E-state index in [9.17, 15) is 10.1 Å². The van der Waals surface area contributed by atoms with Crippen molar-refractivity contribution in [3.05, 3.63) is 69.8 Å². The van der Waals surface area contributed by atoms with Crippen LogP contribution in [0.3, 0.4) is 0 Å². The zero-order chi connectivity index (χ0) is 15.2. The minimum absolute atomic E-state index is 0.00909. The number of nitro benzene ring substituents is 1. The van der Waals surface area contributed by atoms with Gasteiger partial charge in [0.1, 0.15) is 5.75 Å². The van der Waals surface area contributed by atoms with Crippen LogP contribution >= 0.6 is 0 Å². The smallest absolute Gasteiger partial charge is 0.269 e. The largest absolute Gasteiger partial charge is 0.496 e. The van der Waals surface area contributed by atoms with Gasteiger partial charge in [-0.15, -0.1) is 0 Å². The Morgan fingerprint density at radius 1 is 1.24 bits per heavy atom. The Labute approximate surface area is 123 Å². The van der Waals surface area contributed by atoms with Crippen molar-refractivity contribution in [2.24, 2.45) is 0 Å².